The molecule has 0 saturated carbocycles. The monoisotopic (exact) mass is 345 g/mol. The van der Waals surface area contributed by atoms with Crippen LogP contribution in [0.3, 0.4) is 0 Å². The van der Waals surface area contributed by atoms with E-state index in [0.29, 0.717) is 6.42 Å². The molecular weight excluding hydrogens is 314 g/mol. The summed E-state index contributed by atoms with van der Waals surface area (Å²) in [6.07, 6.45) is 2.96. The van der Waals surface area contributed by atoms with Gasteiger partial charge in [0.1, 0.15) is 0 Å². The number of urea groups is 1. The average molecular weight is 345 g/mol. The van der Waals surface area contributed by atoms with Gasteiger partial charge in [-0.3, -0.25) is 4.79 Å². The highest BCUT2D eigenvalue weighted by Gasteiger charge is 2.25. The topological polar surface area (TPSA) is 52.7 Å². The van der Waals surface area contributed by atoms with Crippen molar-refractivity contribution in [3.05, 3.63) is 35.4 Å². The van der Waals surface area contributed by atoms with Gasteiger partial charge in [0.05, 0.1) is 0 Å². The summed E-state index contributed by atoms with van der Waals surface area (Å²) >= 11 is 0. The lowest BCUT2D eigenvalue weighted by Crippen LogP contribution is -2.50. The van der Waals surface area contributed by atoms with E-state index in [4.69, 9.17) is 0 Å². The van der Waals surface area contributed by atoms with E-state index in [1.165, 1.54) is 11.1 Å². The van der Waals surface area contributed by atoms with Crippen LogP contribution < -0.4 is 5.32 Å². The summed E-state index contributed by atoms with van der Waals surface area (Å²) in [5.41, 5.74) is 2.43. The number of hydrogen-bond acceptors (Lipinski definition) is 2. The third-order valence-electron chi connectivity index (χ3n) is 4.93. The minimum Gasteiger partial charge on any atom is -0.353 e. The molecule has 1 aromatic carbocycles. The van der Waals surface area contributed by atoms with Gasteiger partial charge in [-0.15, -0.1) is 0 Å². The van der Waals surface area contributed by atoms with E-state index in [1.54, 1.807) is 0 Å². The smallest absolute Gasteiger partial charge is 0.319 e. The van der Waals surface area contributed by atoms with Gasteiger partial charge >= 0.3 is 6.03 Å². The Bertz CT molecular complexity index is 559. The summed E-state index contributed by atoms with van der Waals surface area (Å²) in [7, 11) is 0. The number of aryl methyl sites for hydroxylation is 2. The average Bonchev–Trinajstić information content (AvgIpc) is 2.63. The van der Waals surface area contributed by atoms with Gasteiger partial charge in [-0.2, -0.15) is 0 Å². The number of carbonyl (C=O) groups is 2. The molecule has 5 nitrogen and oxygen atoms in total. The lowest BCUT2D eigenvalue weighted by Gasteiger charge is -2.35. The van der Waals surface area contributed by atoms with Gasteiger partial charge in [0, 0.05) is 38.6 Å². The van der Waals surface area contributed by atoms with Crippen molar-refractivity contribution in [1.29, 1.82) is 0 Å². The highest BCUT2D eigenvalue weighted by Crippen LogP contribution is 2.13. The lowest BCUT2D eigenvalue weighted by atomic mass is 10.0. The molecule has 0 spiro atoms. The van der Waals surface area contributed by atoms with Crippen molar-refractivity contribution in [3.8, 4) is 0 Å². The zero-order valence-corrected chi connectivity index (χ0v) is 15.8. The van der Waals surface area contributed by atoms with Crippen LogP contribution in [-0.4, -0.2) is 54.0 Å². The van der Waals surface area contributed by atoms with E-state index in [2.05, 4.69) is 36.5 Å². The Morgan fingerprint density at radius 2 is 1.72 bits per heavy atom. The highest BCUT2D eigenvalue weighted by molar-refractivity contribution is 5.77. The summed E-state index contributed by atoms with van der Waals surface area (Å²) in [6, 6.07) is 8.63. The molecule has 3 amide bonds. The third-order valence-corrected chi connectivity index (χ3v) is 4.93. The summed E-state index contributed by atoms with van der Waals surface area (Å²) in [6.45, 7) is 8.99. The first-order chi connectivity index (χ1) is 12.0. The number of nitrogens with zero attached hydrogens (tertiary/aromatic N) is 2. The van der Waals surface area contributed by atoms with Crippen LogP contribution in [0.2, 0.25) is 0 Å². The second-order valence-corrected chi connectivity index (χ2v) is 6.77. The van der Waals surface area contributed by atoms with Gasteiger partial charge in [0.15, 0.2) is 0 Å². The number of rotatable bonds is 6. The number of nitrogens with one attached hydrogen (secondary N) is 1. The maximum absolute atomic E-state index is 12.3. The van der Waals surface area contributed by atoms with Crippen LogP contribution in [0.15, 0.2) is 24.3 Å². The van der Waals surface area contributed by atoms with E-state index < -0.39 is 0 Å². The molecule has 1 aromatic rings. The van der Waals surface area contributed by atoms with E-state index >= 15 is 0 Å². The van der Waals surface area contributed by atoms with Gasteiger partial charge in [-0.1, -0.05) is 29.8 Å². The first-order valence-corrected chi connectivity index (χ1v) is 9.42. The van der Waals surface area contributed by atoms with Crippen molar-refractivity contribution >= 4 is 11.9 Å². The molecule has 1 N–H and O–H groups in total. The van der Waals surface area contributed by atoms with Crippen LogP contribution >= 0.6 is 0 Å². The van der Waals surface area contributed by atoms with Crippen LogP contribution in [0.25, 0.3) is 0 Å². The quantitative estimate of drug-likeness (QED) is 0.862. The second-order valence-electron chi connectivity index (χ2n) is 6.77. The fourth-order valence-corrected chi connectivity index (χ4v) is 3.22. The number of carbonyl (C=O) groups excluding carboxylic acids is 2. The number of benzene rings is 1. The molecule has 0 aromatic heterocycles. The molecule has 0 unspecified atom stereocenters. The molecule has 0 bridgehead atoms. The molecule has 0 radical (unpaired) electrons. The molecule has 2 rings (SSSR count). The summed E-state index contributed by atoms with van der Waals surface area (Å²) in [4.78, 5) is 28.3. The maximum atomic E-state index is 12.3. The van der Waals surface area contributed by atoms with E-state index in [0.717, 1.165) is 45.4 Å². The van der Waals surface area contributed by atoms with Crippen molar-refractivity contribution in [1.82, 2.24) is 15.1 Å². The minimum absolute atomic E-state index is 0.106. The molecular formula is C20H31N3O2. The number of amides is 3. The fraction of sp³-hybridized carbons (Fsp3) is 0.600. The zero-order chi connectivity index (χ0) is 18.2. The first-order valence-electron chi connectivity index (χ1n) is 9.42. The van der Waals surface area contributed by atoms with Crippen LogP contribution in [-0.2, 0) is 11.2 Å². The highest BCUT2D eigenvalue weighted by atomic mass is 16.2. The number of piperidine rings is 1. The molecule has 5 heteroatoms. The summed E-state index contributed by atoms with van der Waals surface area (Å²) in [5, 5.41) is 3.13. The molecule has 1 heterocycles. The Kier molecular flexibility index (Phi) is 7.29. The molecule has 138 valence electrons. The molecule has 0 atom stereocenters. The Morgan fingerprint density at radius 1 is 1.12 bits per heavy atom. The van der Waals surface area contributed by atoms with Gasteiger partial charge in [0.2, 0.25) is 5.91 Å². The van der Waals surface area contributed by atoms with E-state index in [9.17, 15) is 9.59 Å². The molecule has 1 aliphatic rings. The molecule has 1 aliphatic heterocycles. The summed E-state index contributed by atoms with van der Waals surface area (Å²) < 4.78 is 0. The minimum atomic E-state index is 0.106. The van der Waals surface area contributed by atoms with E-state index in [-0.39, 0.29) is 18.0 Å². The number of likely N-dealkylation sites (tertiary alicyclic amines) is 1. The Morgan fingerprint density at radius 3 is 2.28 bits per heavy atom. The number of hydrogen-bond donors (Lipinski definition) is 1. The predicted molar refractivity (Wildman–Crippen MR) is 101 cm³/mol. The fourth-order valence-electron chi connectivity index (χ4n) is 3.22. The van der Waals surface area contributed by atoms with Gasteiger partial charge in [-0.25, -0.2) is 4.79 Å². The Hall–Kier alpha value is -2.04. The standard InChI is InChI=1S/C20H31N3O2/c1-4-22(5-2)20(25)23-14-12-18(13-15-23)21-19(24)11-10-17-8-6-16(3)7-9-17/h6-9,18H,4-5,10-15H2,1-3H3,(H,21,24). The second kappa shape index (κ2) is 9.44. The van der Waals surface area contributed by atoms with Crippen LogP contribution in [0.4, 0.5) is 4.79 Å². The van der Waals surface area contributed by atoms with Crippen LogP contribution in [0.5, 0.6) is 0 Å². The van der Waals surface area contributed by atoms with Crippen molar-refractivity contribution in [2.45, 2.75) is 52.5 Å². The van der Waals surface area contributed by atoms with Gasteiger partial charge in [0.25, 0.3) is 0 Å². The Balaban J connectivity index is 1.71. The van der Waals surface area contributed by atoms with Crippen molar-refractivity contribution in [3.63, 3.8) is 0 Å². The van der Waals surface area contributed by atoms with E-state index in [1.807, 2.05) is 23.6 Å². The first kappa shape index (κ1) is 19.3. The van der Waals surface area contributed by atoms with Crippen molar-refractivity contribution in [2.75, 3.05) is 26.2 Å². The normalized spacial score (nSPS) is 15.1. The van der Waals surface area contributed by atoms with Gasteiger partial charge in [-0.05, 0) is 45.6 Å². The van der Waals surface area contributed by atoms with Crippen molar-refractivity contribution < 1.29 is 9.59 Å². The third kappa shape index (κ3) is 5.76. The Labute approximate surface area is 151 Å². The molecule has 1 saturated heterocycles. The van der Waals surface area contributed by atoms with Crippen LogP contribution in [0, 0.1) is 6.92 Å². The largest absolute Gasteiger partial charge is 0.353 e. The van der Waals surface area contributed by atoms with Crippen LogP contribution in [0.1, 0.15) is 44.2 Å². The maximum Gasteiger partial charge on any atom is 0.319 e. The molecule has 0 aliphatic carbocycles. The molecule has 25 heavy (non-hydrogen) atoms. The zero-order valence-electron chi connectivity index (χ0n) is 15.8. The predicted octanol–water partition coefficient (Wildman–Crippen LogP) is 2.97. The molecule has 1 fully saturated rings. The van der Waals surface area contributed by atoms with Gasteiger partial charge < -0.3 is 15.1 Å². The summed E-state index contributed by atoms with van der Waals surface area (Å²) in [5.74, 6) is 0.106. The SMILES string of the molecule is CCN(CC)C(=O)N1CCC(NC(=O)CCc2ccc(C)cc2)CC1. The van der Waals surface area contributed by atoms with Crippen molar-refractivity contribution in [2.24, 2.45) is 0 Å². The lowest BCUT2D eigenvalue weighted by molar-refractivity contribution is -0.122.